The normalized spacial score (nSPS) is 14.4. The number of aryl methyl sites for hydroxylation is 2. The van der Waals surface area contributed by atoms with Gasteiger partial charge in [0.25, 0.3) is 5.91 Å². The van der Waals surface area contributed by atoms with E-state index in [0.29, 0.717) is 24.4 Å². The summed E-state index contributed by atoms with van der Waals surface area (Å²) in [5.74, 6) is 0.0170. The summed E-state index contributed by atoms with van der Waals surface area (Å²) in [6, 6.07) is 5.66. The van der Waals surface area contributed by atoms with Crippen LogP contribution in [0.4, 0.5) is 11.4 Å². The highest BCUT2D eigenvalue weighted by molar-refractivity contribution is 6.04. The molecule has 4 aromatic heterocycles. The van der Waals surface area contributed by atoms with Crippen LogP contribution in [-0.2, 0) is 6.42 Å². The third kappa shape index (κ3) is 5.39. The SMILES string of the molecule is Cc1cc(-c2nc(C(=O)Nc3cn4cc(CCC(C)(C)O)nc4cc3N3CCNCC3)co2)ccn1. The highest BCUT2D eigenvalue weighted by atomic mass is 16.3. The molecule has 0 bridgehead atoms. The van der Waals surface area contributed by atoms with Gasteiger partial charge in [0.15, 0.2) is 5.69 Å². The van der Waals surface area contributed by atoms with E-state index in [1.165, 1.54) is 6.26 Å². The first kappa shape index (κ1) is 24.0. The Morgan fingerprint density at radius 2 is 2.03 bits per heavy atom. The quantitative estimate of drug-likeness (QED) is 0.362. The molecule has 36 heavy (non-hydrogen) atoms. The van der Waals surface area contributed by atoms with Gasteiger partial charge in [-0.3, -0.25) is 9.78 Å². The van der Waals surface area contributed by atoms with Gasteiger partial charge in [0, 0.05) is 62.1 Å². The third-order valence-electron chi connectivity index (χ3n) is 6.20. The molecule has 0 atom stereocenters. The van der Waals surface area contributed by atoms with Crippen molar-refractivity contribution >= 4 is 22.9 Å². The minimum atomic E-state index is -0.758. The topological polar surface area (TPSA) is 121 Å². The summed E-state index contributed by atoms with van der Waals surface area (Å²) in [5.41, 5.74) is 4.31. The molecular weight excluding hydrogens is 458 g/mol. The van der Waals surface area contributed by atoms with Crippen LogP contribution in [0.1, 0.15) is 42.1 Å². The first-order valence-corrected chi connectivity index (χ1v) is 12.1. The Balaban J connectivity index is 1.44. The van der Waals surface area contributed by atoms with Gasteiger partial charge in [-0.05, 0) is 45.7 Å². The van der Waals surface area contributed by atoms with E-state index in [9.17, 15) is 9.90 Å². The van der Waals surface area contributed by atoms with Crippen LogP contribution in [-0.4, -0.2) is 62.1 Å². The minimum Gasteiger partial charge on any atom is -0.444 e. The van der Waals surface area contributed by atoms with Crippen molar-refractivity contribution < 1.29 is 14.3 Å². The van der Waals surface area contributed by atoms with E-state index in [-0.39, 0.29) is 11.6 Å². The number of anilines is 2. The fourth-order valence-electron chi connectivity index (χ4n) is 4.27. The maximum atomic E-state index is 13.2. The fourth-order valence-corrected chi connectivity index (χ4v) is 4.27. The summed E-state index contributed by atoms with van der Waals surface area (Å²) < 4.78 is 7.50. The van der Waals surface area contributed by atoms with Gasteiger partial charge in [-0.2, -0.15) is 0 Å². The van der Waals surface area contributed by atoms with E-state index in [2.05, 4.69) is 25.5 Å². The van der Waals surface area contributed by atoms with Gasteiger partial charge in [-0.15, -0.1) is 0 Å². The molecule has 4 aromatic rings. The number of hydrogen-bond donors (Lipinski definition) is 3. The number of hydrogen-bond acceptors (Lipinski definition) is 8. The van der Waals surface area contributed by atoms with Gasteiger partial charge in [0.2, 0.25) is 5.89 Å². The Bertz CT molecular complexity index is 1380. The number of pyridine rings is 2. The number of piperazine rings is 1. The van der Waals surface area contributed by atoms with Crippen molar-refractivity contribution in [2.75, 3.05) is 36.4 Å². The number of amides is 1. The maximum absolute atomic E-state index is 13.2. The number of fused-ring (bicyclic) bond motifs is 1. The lowest BCUT2D eigenvalue weighted by atomic mass is 10.0. The van der Waals surface area contributed by atoms with Crippen molar-refractivity contribution in [1.29, 1.82) is 0 Å². The van der Waals surface area contributed by atoms with Crippen molar-refractivity contribution in [2.45, 2.75) is 39.2 Å². The molecule has 5 rings (SSSR count). The van der Waals surface area contributed by atoms with Crippen LogP contribution in [0, 0.1) is 6.92 Å². The molecule has 0 aromatic carbocycles. The molecule has 10 heteroatoms. The molecule has 1 aliphatic heterocycles. The number of carbonyl (C=O) groups is 1. The van der Waals surface area contributed by atoms with Crippen LogP contribution in [0.3, 0.4) is 0 Å². The fraction of sp³-hybridized carbons (Fsp3) is 0.385. The lowest BCUT2D eigenvalue weighted by molar-refractivity contribution is 0.0711. The van der Waals surface area contributed by atoms with E-state index in [0.717, 1.165) is 54.5 Å². The maximum Gasteiger partial charge on any atom is 0.277 e. The van der Waals surface area contributed by atoms with Gasteiger partial charge in [0.1, 0.15) is 11.9 Å². The zero-order valence-electron chi connectivity index (χ0n) is 20.8. The molecule has 1 saturated heterocycles. The smallest absolute Gasteiger partial charge is 0.277 e. The number of rotatable bonds is 7. The number of aromatic nitrogens is 4. The first-order valence-electron chi connectivity index (χ1n) is 12.1. The highest BCUT2D eigenvalue weighted by Crippen LogP contribution is 2.29. The predicted octanol–water partition coefficient (Wildman–Crippen LogP) is 3.06. The molecule has 188 valence electrons. The molecule has 1 fully saturated rings. The van der Waals surface area contributed by atoms with Crippen molar-refractivity contribution in [1.82, 2.24) is 24.7 Å². The number of nitrogens with one attached hydrogen (secondary N) is 2. The van der Waals surface area contributed by atoms with Crippen molar-refractivity contribution in [3.63, 3.8) is 0 Å². The molecule has 0 radical (unpaired) electrons. The van der Waals surface area contributed by atoms with Crippen LogP contribution in [0.2, 0.25) is 0 Å². The van der Waals surface area contributed by atoms with E-state index in [1.54, 1.807) is 26.1 Å². The van der Waals surface area contributed by atoms with Crippen LogP contribution in [0.15, 0.2) is 47.5 Å². The molecule has 1 aliphatic rings. The van der Waals surface area contributed by atoms with Crippen molar-refractivity contribution in [3.8, 4) is 11.5 Å². The van der Waals surface area contributed by atoms with Gasteiger partial charge in [-0.1, -0.05) is 0 Å². The lowest BCUT2D eigenvalue weighted by Gasteiger charge is -2.31. The summed E-state index contributed by atoms with van der Waals surface area (Å²) >= 11 is 0. The molecule has 0 spiro atoms. The average Bonchev–Trinajstić information content (AvgIpc) is 3.50. The summed E-state index contributed by atoms with van der Waals surface area (Å²) in [5, 5.41) is 16.5. The molecule has 5 heterocycles. The van der Waals surface area contributed by atoms with Crippen LogP contribution in [0.5, 0.6) is 0 Å². The summed E-state index contributed by atoms with van der Waals surface area (Å²) in [7, 11) is 0. The summed E-state index contributed by atoms with van der Waals surface area (Å²) in [6.07, 6.45) is 8.15. The third-order valence-corrected chi connectivity index (χ3v) is 6.20. The van der Waals surface area contributed by atoms with E-state index < -0.39 is 5.60 Å². The number of carbonyl (C=O) groups excluding carboxylic acids is 1. The van der Waals surface area contributed by atoms with Gasteiger partial charge in [0.05, 0.1) is 22.7 Å². The Morgan fingerprint density at radius 3 is 2.78 bits per heavy atom. The second kappa shape index (κ2) is 9.71. The lowest BCUT2D eigenvalue weighted by Crippen LogP contribution is -2.43. The first-order chi connectivity index (χ1) is 17.2. The number of oxazole rings is 1. The number of aliphatic hydroxyl groups is 1. The van der Waals surface area contributed by atoms with Gasteiger partial charge in [-0.25, -0.2) is 9.97 Å². The van der Waals surface area contributed by atoms with Crippen LogP contribution >= 0.6 is 0 Å². The largest absolute Gasteiger partial charge is 0.444 e. The molecular formula is C26H31N7O3. The van der Waals surface area contributed by atoms with E-state index >= 15 is 0 Å². The van der Waals surface area contributed by atoms with Gasteiger partial charge < -0.3 is 29.5 Å². The standard InChI is InChI=1S/C26H31N7O3/c1-17-12-18(5-7-28-17)25-31-21(16-36-25)24(34)30-20-15-33-14-19(4-6-26(2,3)35)29-23(33)13-22(20)32-10-8-27-9-11-32/h5,7,12-16,27,35H,4,6,8-11H2,1-3H3,(H,30,34). The molecule has 10 nitrogen and oxygen atoms in total. The van der Waals surface area contributed by atoms with Crippen LogP contribution < -0.4 is 15.5 Å². The van der Waals surface area contributed by atoms with Gasteiger partial charge >= 0.3 is 0 Å². The Kier molecular flexibility index (Phi) is 6.46. The molecule has 3 N–H and O–H groups in total. The molecule has 0 unspecified atom stereocenters. The van der Waals surface area contributed by atoms with Crippen LogP contribution in [0.25, 0.3) is 17.1 Å². The zero-order chi connectivity index (χ0) is 25.3. The van der Waals surface area contributed by atoms with Crippen molar-refractivity contribution in [3.05, 3.63) is 60.1 Å². The monoisotopic (exact) mass is 489 g/mol. The Labute approximate surface area is 209 Å². The summed E-state index contributed by atoms with van der Waals surface area (Å²) in [6.45, 7) is 8.85. The Hall–Kier alpha value is -3.76. The number of nitrogens with zero attached hydrogens (tertiary/aromatic N) is 5. The minimum absolute atomic E-state index is 0.197. The zero-order valence-corrected chi connectivity index (χ0v) is 20.8. The van der Waals surface area contributed by atoms with Crippen molar-refractivity contribution in [2.24, 2.45) is 0 Å². The van der Waals surface area contributed by atoms with E-state index in [1.807, 2.05) is 35.9 Å². The van der Waals surface area contributed by atoms with E-state index in [4.69, 9.17) is 9.40 Å². The Morgan fingerprint density at radius 1 is 1.22 bits per heavy atom. The molecule has 1 amide bonds. The molecule has 0 aliphatic carbocycles. The predicted molar refractivity (Wildman–Crippen MR) is 137 cm³/mol. The number of imidazole rings is 1. The average molecular weight is 490 g/mol. The second-order valence-corrected chi connectivity index (χ2v) is 9.80. The summed E-state index contributed by atoms with van der Waals surface area (Å²) in [4.78, 5) is 28.8. The molecule has 0 saturated carbocycles. The second-order valence-electron chi connectivity index (χ2n) is 9.80. The highest BCUT2D eigenvalue weighted by Gasteiger charge is 2.21.